The van der Waals surface area contributed by atoms with Crippen LogP contribution in [0, 0.1) is 11.3 Å². The molecule has 1 fully saturated rings. The van der Waals surface area contributed by atoms with Crippen LogP contribution in [0.2, 0.25) is 0 Å². The Morgan fingerprint density at radius 1 is 1.05 bits per heavy atom. The quantitative estimate of drug-likeness (QED) is 0.296. The largest absolute Gasteiger partial charge is 0.459 e. The molecular formula is C29H32N6O2S. The van der Waals surface area contributed by atoms with Crippen LogP contribution in [-0.4, -0.2) is 49.6 Å². The van der Waals surface area contributed by atoms with Crippen LogP contribution in [0.25, 0.3) is 10.2 Å². The van der Waals surface area contributed by atoms with Crippen molar-refractivity contribution in [3.8, 4) is 12.1 Å². The molecule has 1 aromatic carbocycles. The lowest BCUT2D eigenvalue weighted by Gasteiger charge is -2.35. The molecule has 0 amide bonds. The number of thiazole rings is 1. The Hall–Kier alpha value is -3.45. The van der Waals surface area contributed by atoms with Gasteiger partial charge in [-0.05, 0) is 56.9 Å². The summed E-state index contributed by atoms with van der Waals surface area (Å²) >= 11 is 1.47. The lowest BCUT2D eigenvalue weighted by Crippen LogP contribution is -2.39. The number of rotatable bonds is 8. The summed E-state index contributed by atoms with van der Waals surface area (Å²) in [5.41, 5.74) is 3.58. The normalized spacial score (nSPS) is 15.8. The van der Waals surface area contributed by atoms with Crippen molar-refractivity contribution < 1.29 is 9.47 Å². The summed E-state index contributed by atoms with van der Waals surface area (Å²) in [6, 6.07) is 14.7. The summed E-state index contributed by atoms with van der Waals surface area (Å²) in [6.45, 7) is 9.76. The lowest BCUT2D eigenvalue weighted by molar-refractivity contribution is -0.0827. The molecule has 1 saturated heterocycles. The van der Waals surface area contributed by atoms with E-state index in [1.165, 1.54) is 16.9 Å². The molecule has 38 heavy (non-hydrogen) atoms. The number of piperidine rings is 1. The van der Waals surface area contributed by atoms with Crippen molar-refractivity contribution in [3.63, 3.8) is 0 Å². The SMILES string of the molecule is CC(C)(C)OC1CCN(Cc2ccc(COc3nccc(C(C#N)c4nc5cnccc5s4)n3)cc2)CC1. The first kappa shape index (κ1) is 26.2. The molecule has 0 radical (unpaired) electrons. The van der Waals surface area contributed by atoms with Crippen LogP contribution in [0.5, 0.6) is 6.01 Å². The van der Waals surface area contributed by atoms with Gasteiger partial charge in [0.2, 0.25) is 0 Å². The van der Waals surface area contributed by atoms with Gasteiger partial charge in [0, 0.05) is 32.0 Å². The summed E-state index contributed by atoms with van der Waals surface area (Å²) in [7, 11) is 0. The van der Waals surface area contributed by atoms with Crippen LogP contribution in [0.1, 0.15) is 61.4 Å². The van der Waals surface area contributed by atoms with Gasteiger partial charge in [0.1, 0.15) is 17.5 Å². The van der Waals surface area contributed by atoms with E-state index in [1.807, 2.05) is 6.07 Å². The maximum Gasteiger partial charge on any atom is 0.316 e. The summed E-state index contributed by atoms with van der Waals surface area (Å²) in [5.74, 6) is -0.595. The molecular weight excluding hydrogens is 496 g/mol. The Morgan fingerprint density at radius 3 is 2.53 bits per heavy atom. The average molecular weight is 529 g/mol. The number of nitrogens with zero attached hydrogens (tertiary/aromatic N) is 6. The molecule has 1 aliphatic rings. The molecule has 1 unspecified atom stereocenters. The summed E-state index contributed by atoms with van der Waals surface area (Å²) in [6.07, 6.45) is 7.55. The number of benzene rings is 1. The van der Waals surface area contributed by atoms with E-state index in [1.54, 1.807) is 24.7 Å². The minimum absolute atomic E-state index is 0.0805. The minimum Gasteiger partial charge on any atom is -0.459 e. The Morgan fingerprint density at radius 2 is 1.82 bits per heavy atom. The smallest absolute Gasteiger partial charge is 0.316 e. The predicted molar refractivity (Wildman–Crippen MR) is 147 cm³/mol. The van der Waals surface area contributed by atoms with Gasteiger partial charge in [-0.2, -0.15) is 10.2 Å². The summed E-state index contributed by atoms with van der Waals surface area (Å²) in [5, 5.41) is 10.5. The molecule has 196 valence electrons. The molecule has 4 aromatic rings. The zero-order chi connectivity index (χ0) is 26.5. The van der Waals surface area contributed by atoms with Crippen LogP contribution in [-0.2, 0) is 17.9 Å². The summed E-state index contributed by atoms with van der Waals surface area (Å²) in [4.78, 5) is 19.9. The first-order chi connectivity index (χ1) is 18.4. The molecule has 3 aromatic heterocycles. The van der Waals surface area contributed by atoms with Gasteiger partial charge >= 0.3 is 6.01 Å². The second kappa shape index (κ2) is 11.5. The van der Waals surface area contributed by atoms with Crippen molar-refractivity contribution in [1.82, 2.24) is 24.8 Å². The second-order valence-electron chi connectivity index (χ2n) is 10.5. The van der Waals surface area contributed by atoms with Gasteiger partial charge in [0.25, 0.3) is 0 Å². The van der Waals surface area contributed by atoms with Gasteiger partial charge in [0.05, 0.1) is 39.9 Å². The number of likely N-dealkylation sites (tertiary alicyclic amines) is 1. The molecule has 0 N–H and O–H groups in total. The van der Waals surface area contributed by atoms with Gasteiger partial charge in [-0.1, -0.05) is 24.3 Å². The molecule has 0 saturated carbocycles. The van der Waals surface area contributed by atoms with Crippen molar-refractivity contribution in [3.05, 3.63) is 76.8 Å². The maximum atomic E-state index is 9.85. The van der Waals surface area contributed by atoms with Gasteiger partial charge < -0.3 is 9.47 Å². The Balaban J connectivity index is 1.15. The molecule has 1 aliphatic heterocycles. The Kier molecular flexibility index (Phi) is 7.93. The number of hydrogen-bond donors (Lipinski definition) is 0. The Labute approximate surface area is 227 Å². The third-order valence-corrected chi connectivity index (χ3v) is 7.49. The highest BCUT2D eigenvalue weighted by Gasteiger charge is 2.24. The van der Waals surface area contributed by atoms with Crippen molar-refractivity contribution in [2.24, 2.45) is 0 Å². The van der Waals surface area contributed by atoms with Gasteiger partial charge in [0.15, 0.2) is 0 Å². The fourth-order valence-electron chi connectivity index (χ4n) is 4.59. The van der Waals surface area contributed by atoms with E-state index in [9.17, 15) is 5.26 Å². The molecule has 4 heterocycles. The first-order valence-corrected chi connectivity index (χ1v) is 13.7. The minimum atomic E-state index is -0.595. The van der Waals surface area contributed by atoms with Crippen LogP contribution >= 0.6 is 11.3 Å². The molecule has 9 heteroatoms. The predicted octanol–water partition coefficient (Wildman–Crippen LogP) is 5.50. The second-order valence-corrected chi connectivity index (χ2v) is 11.6. The van der Waals surface area contributed by atoms with Crippen molar-refractivity contribution in [2.75, 3.05) is 13.1 Å². The van der Waals surface area contributed by atoms with E-state index < -0.39 is 5.92 Å². The number of nitriles is 1. The highest BCUT2D eigenvalue weighted by molar-refractivity contribution is 7.18. The van der Waals surface area contributed by atoms with E-state index in [4.69, 9.17) is 9.47 Å². The van der Waals surface area contributed by atoms with Crippen molar-refractivity contribution in [1.29, 1.82) is 5.26 Å². The highest BCUT2D eigenvalue weighted by Crippen LogP contribution is 2.30. The van der Waals surface area contributed by atoms with Crippen LogP contribution in [0.15, 0.2) is 55.0 Å². The summed E-state index contributed by atoms with van der Waals surface area (Å²) < 4.78 is 13.0. The molecule has 0 bridgehead atoms. The van der Waals surface area contributed by atoms with E-state index in [0.717, 1.165) is 48.3 Å². The fourth-order valence-corrected chi connectivity index (χ4v) is 5.58. The van der Waals surface area contributed by atoms with Crippen molar-refractivity contribution in [2.45, 2.75) is 64.4 Å². The zero-order valence-electron chi connectivity index (χ0n) is 22.0. The number of aromatic nitrogens is 4. The van der Waals surface area contributed by atoms with Gasteiger partial charge in [-0.25, -0.2) is 9.97 Å². The molecule has 0 spiro atoms. The standard InChI is InChI=1S/C29H32N6O2S/c1-29(2,3)37-22-10-14-35(15-11-22)18-20-4-6-21(7-5-20)19-36-28-32-13-8-24(34-28)23(16-30)27-33-25-17-31-12-9-26(25)38-27/h4-9,12-13,17,22-23H,10-11,14-15,18-19H2,1-3H3. The third kappa shape index (κ3) is 6.70. The number of fused-ring (bicyclic) bond motifs is 1. The van der Waals surface area contributed by atoms with Crippen molar-refractivity contribution >= 4 is 21.6 Å². The van der Waals surface area contributed by atoms with Crippen LogP contribution < -0.4 is 4.74 Å². The van der Waals surface area contributed by atoms with Gasteiger partial charge in [-0.15, -0.1) is 11.3 Å². The van der Waals surface area contributed by atoms with E-state index in [-0.39, 0.29) is 11.6 Å². The fraction of sp³-hybridized carbons (Fsp3) is 0.414. The number of hydrogen-bond acceptors (Lipinski definition) is 9. The van der Waals surface area contributed by atoms with Gasteiger partial charge in [-0.3, -0.25) is 9.88 Å². The third-order valence-electron chi connectivity index (χ3n) is 6.39. The molecule has 0 aliphatic carbocycles. The monoisotopic (exact) mass is 528 g/mol. The number of ether oxygens (including phenoxy) is 2. The topological polar surface area (TPSA) is 97.1 Å². The Bertz CT molecular complexity index is 1370. The molecule has 5 rings (SSSR count). The number of pyridine rings is 1. The zero-order valence-corrected chi connectivity index (χ0v) is 22.8. The van der Waals surface area contributed by atoms with E-state index in [0.29, 0.717) is 23.4 Å². The van der Waals surface area contributed by atoms with Crippen LogP contribution in [0.3, 0.4) is 0 Å². The molecule has 1 atom stereocenters. The first-order valence-electron chi connectivity index (χ1n) is 12.9. The van der Waals surface area contributed by atoms with E-state index in [2.05, 4.69) is 75.9 Å². The average Bonchev–Trinajstić information content (AvgIpc) is 3.33. The maximum absolute atomic E-state index is 9.85. The van der Waals surface area contributed by atoms with Crippen LogP contribution in [0.4, 0.5) is 0 Å². The molecule has 8 nitrogen and oxygen atoms in total. The lowest BCUT2D eigenvalue weighted by atomic mass is 10.0. The highest BCUT2D eigenvalue weighted by atomic mass is 32.1. The van der Waals surface area contributed by atoms with E-state index >= 15 is 0 Å².